The highest BCUT2D eigenvalue weighted by Gasteiger charge is 2.15. The van der Waals surface area contributed by atoms with E-state index in [9.17, 15) is 4.79 Å². The van der Waals surface area contributed by atoms with Crippen LogP contribution < -0.4 is 10.1 Å². The van der Waals surface area contributed by atoms with Crippen LogP contribution in [0, 0.1) is 6.92 Å². The van der Waals surface area contributed by atoms with Crippen molar-refractivity contribution in [2.45, 2.75) is 26.3 Å². The Hall–Kier alpha value is -2.81. The quantitative estimate of drug-likeness (QED) is 0.742. The van der Waals surface area contributed by atoms with Crippen molar-refractivity contribution in [2.24, 2.45) is 0 Å². The summed E-state index contributed by atoms with van der Waals surface area (Å²) in [6.07, 6.45) is 0. The van der Waals surface area contributed by atoms with Gasteiger partial charge in [0.1, 0.15) is 5.75 Å². The highest BCUT2D eigenvalue weighted by molar-refractivity contribution is 5.88. The van der Waals surface area contributed by atoms with E-state index in [1.165, 1.54) is 5.56 Å². The maximum absolute atomic E-state index is 12.5. The van der Waals surface area contributed by atoms with E-state index in [-0.39, 0.29) is 11.8 Å². The highest BCUT2D eigenvalue weighted by Crippen LogP contribution is 2.25. The van der Waals surface area contributed by atoms with E-state index < -0.39 is 0 Å². The number of aryl methyl sites for hydroxylation is 1. The van der Waals surface area contributed by atoms with Crippen LogP contribution in [-0.4, -0.2) is 13.0 Å². The van der Waals surface area contributed by atoms with Crippen LogP contribution in [0.25, 0.3) is 10.8 Å². The van der Waals surface area contributed by atoms with Crippen molar-refractivity contribution in [3.05, 3.63) is 77.4 Å². The van der Waals surface area contributed by atoms with E-state index in [1.54, 1.807) is 7.11 Å². The van der Waals surface area contributed by atoms with Gasteiger partial charge in [-0.2, -0.15) is 0 Å². The van der Waals surface area contributed by atoms with Crippen LogP contribution in [0.4, 0.5) is 0 Å². The first kappa shape index (κ1) is 17.0. The number of carbonyl (C=O) groups excluding carboxylic acids is 1. The molecule has 1 amide bonds. The Morgan fingerprint density at radius 3 is 2.52 bits per heavy atom. The predicted molar refractivity (Wildman–Crippen MR) is 102 cm³/mol. The van der Waals surface area contributed by atoms with E-state index in [0.29, 0.717) is 6.54 Å². The van der Waals surface area contributed by atoms with Gasteiger partial charge in [-0.1, -0.05) is 48.5 Å². The molecule has 3 heteroatoms. The van der Waals surface area contributed by atoms with Crippen molar-refractivity contribution in [1.29, 1.82) is 0 Å². The number of hydrogen-bond donors (Lipinski definition) is 1. The van der Waals surface area contributed by atoms with Crippen molar-refractivity contribution in [3.63, 3.8) is 0 Å². The van der Waals surface area contributed by atoms with Crippen molar-refractivity contribution in [3.8, 4) is 5.75 Å². The van der Waals surface area contributed by atoms with Gasteiger partial charge in [-0.25, -0.2) is 0 Å². The molecule has 0 aliphatic heterocycles. The Bertz CT molecular complexity index is 901. The largest absolute Gasteiger partial charge is 0.497 e. The number of ether oxygens (including phenoxy) is 1. The van der Waals surface area contributed by atoms with Gasteiger partial charge in [0.2, 0.25) is 5.91 Å². The average Bonchev–Trinajstić information content (AvgIpc) is 2.65. The zero-order chi connectivity index (χ0) is 17.8. The molecule has 0 spiro atoms. The van der Waals surface area contributed by atoms with Crippen LogP contribution in [0.3, 0.4) is 0 Å². The topological polar surface area (TPSA) is 38.3 Å². The highest BCUT2D eigenvalue weighted by atomic mass is 16.5. The third kappa shape index (κ3) is 3.82. The summed E-state index contributed by atoms with van der Waals surface area (Å²) in [5, 5.41) is 5.26. The summed E-state index contributed by atoms with van der Waals surface area (Å²) < 4.78 is 5.26. The van der Waals surface area contributed by atoms with Gasteiger partial charge in [0.05, 0.1) is 13.0 Å². The predicted octanol–water partition coefficient (Wildman–Crippen LogP) is 4.58. The molecule has 0 heterocycles. The number of methoxy groups -OCH3 is 1. The molecule has 0 bridgehead atoms. The number of fused-ring (bicyclic) bond motifs is 1. The summed E-state index contributed by atoms with van der Waals surface area (Å²) in [7, 11) is 1.66. The average molecular weight is 333 g/mol. The molecule has 3 nitrogen and oxygen atoms in total. The molecule has 25 heavy (non-hydrogen) atoms. The lowest BCUT2D eigenvalue weighted by molar-refractivity contribution is -0.122. The Morgan fingerprint density at radius 2 is 1.76 bits per heavy atom. The zero-order valence-corrected chi connectivity index (χ0v) is 14.9. The smallest absolute Gasteiger partial charge is 0.227 e. The van der Waals surface area contributed by atoms with Crippen LogP contribution in [0.2, 0.25) is 0 Å². The van der Waals surface area contributed by atoms with Gasteiger partial charge < -0.3 is 10.1 Å². The fraction of sp³-hybridized carbons (Fsp3) is 0.227. The van der Waals surface area contributed by atoms with E-state index in [1.807, 2.05) is 55.5 Å². The van der Waals surface area contributed by atoms with Crippen LogP contribution in [0.1, 0.15) is 29.5 Å². The minimum atomic E-state index is -0.199. The summed E-state index contributed by atoms with van der Waals surface area (Å²) in [6, 6.07) is 20.2. The van der Waals surface area contributed by atoms with Crippen molar-refractivity contribution < 1.29 is 9.53 Å². The minimum Gasteiger partial charge on any atom is -0.497 e. The molecule has 3 aromatic carbocycles. The summed E-state index contributed by atoms with van der Waals surface area (Å²) in [5.74, 6) is 0.677. The maximum atomic E-state index is 12.5. The number of carbonyl (C=O) groups is 1. The third-order valence-electron chi connectivity index (χ3n) is 4.68. The molecule has 1 atom stereocenters. The second kappa shape index (κ2) is 7.39. The van der Waals surface area contributed by atoms with Gasteiger partial charge in [0, 0.05) is 6.54 Å². The van der Waals surface area contributed by atoms with Crippen LogP contribution in [0.5, 0.6) is 5.75 Å². The second-order valence-corrected chi connectivity index (χ2v) is 6.34. The molecule has 0 aromatic heterocycles. The van der Waals surface area contributed by atoms with Crippen molar-refractivity contribution in [1.82, 2.24) is 5.32 Å². The molecule has 128 valence electrons. The van der Waals surface area contributed by atoms with Crippen LogP contribution in [0.15, 0.2) is 60.7 Å². The zero-order valence-electron chi connectivity index (χ0n) is 14.9. The van der Waals surface area contributed by atoms with Gasteiger partial charge in [-0.3, -0.25) is 4.79 Å². The molecule has 3 rings (SSSR count). The Morgan fingerprint density at radius 1 is 1.04 bits per heavy atom. The number of benzene rings is 3. The van der Waals surface area contributed by atoms with Crippen LogP contribution in [-0.2, 0) is 11.3 Å². The number of amides is 1. The molecular formula is C22H23NO2. The normalized spacial score (nSPS) is 12.0. The summed E-state index contributed by atoms with van der Waals surface area (Å²) in [6.45, 7) is 4.56. The van der Waals surface area contributed by atoms with Gasteiger partial charge in [-0.15, -0.1) is 0 Å². The molecule has 0 saturated heterocycles. The lowest BCUT2D eigenvalue weighted by Crippen LogP contribution is -2.27. The van der Waals surface area contributed by atoms with Gasteiger partial charge in [0.25, 0.3) is 0 Å². The molecule has 0 saturated carbocycles. The van der Waals surface area contributed by atoms with Crippen molar-refractivity contribution in [2.75, 3.05) is 7.11 Å². The number of hydrogen-bond acceptors (Lipinski definition) is 2. The summed E-state index contributed by atoms with van der Waals surface area (Å²) in [5.41, 5.74) is 3.35. The second-order valence-electron chi connectivity index (χ2n) is 6.34. The lowest BCUT2D eigenvalue weighted by Gasteiger charge is -2.14. The molecule has 0 fully saturated rings. The number of rotatable bonds is 5. The van der Waals surface area contributed by atoms with Gasteiger partial charge in [-0.05, 0) is 53.4 Å². The monoisotopic (exact) mass is 333 g/mol. The number of nitrogens with one attached hydrogen (secondary N) is 1. The summed E-state index contributed by atoms with van der Waals surface area (Å²) in [4.78, 5) is 12.5. The summed E-state index contributed by atoms with van der Waals surface area (Å²) >= 11 is 0. The van der Waals surface area contributed by atoms with E-state index in [4.69, 9.17) is 4.74 Å². The third-order valence-corrected chi connectivity index (χ3v) is 4.68. The van der Waals surface area contributed by atoms with Gasteiger partial charge in [0.15, 0.2) is 0 Å². The Kier molecular flexibility index (Phi) is 5.03. The SMILES string of the molecule is COc1ccc2cc([C@H](C)C(=O)NCc3ccccc3C)ccc2c1. The molecule has 0 aliphatic carbocycles. The lowest BCUT2D eigenvalue weighted by atomic mass is 9.97. The molecule has 3 aromatic rings. The molecular weight excluding hydrogens is 310 g/mol. The fourth-order valence-corrected chi connectivity index (χ4v) is 2.93. The Balaban J connectivity index is 1.73. The van der Waals surface area contributed by atoms with Crippen molar-refractivity contribution >= 4 is 16.7 Å². The fourth-order valence-electron chi connectivity index (χ4n) is 2.93. The van der Waals surface area contributed by atoms with E-state index >= 15 is 0 Å². The first-order valence-electron chi connectivity index (χ1n) is 8.48. The molecule has 1 N–H and O–H groups in total. The first-order chi connectivity index (χ1) is 12.1. The Labute approximate surface area is 148 Å². The van der Waals surface area contributed by atoms with Gasteiger partial charge >= 0.3 is 0 Å². The maximum Gasteiger partial charge on any atom is 0.227 e. The van der Waals surface area contributed by atoms with E-state index in [0.717, 1.165) is 27.6 Å². The van der Waals surface area contributed by atoms with E-state index in [2.05, 4.69) is 24.4 Å². The minimum absolute atomic E-state index is 0.0381. The molecule has 0 aliphatic rings. The first-order valence-corrected chi connectivity index (χ1v) is 8.48. The molecule has 0 unspecified atom stereocenters. The molecule has 0 radical (unpaired) electrons. The van der Waals surface area contributed by atoms with Crippen LogP contribution >= 0.6 is 0 Å². The standard InChI is InChI=1S/C22H23NO2/c1-15-6-4-5-7-20(15)14-23-22(24)16(2)17-8-9-19-13-21(25-3)11-10-18(19)12-17/h4-13,16H,14H2,1-3H3,(H,23,24)/t16-/m0/s1.